The molecule has 1 fully saturated rings. The highest BCUT2D eigenvalue weighted by atomic mass is 16.5. The molecule has 1 unspecified atom stereocenters. The lowest BCUT2D eigenvalue weighted by molar-refractivity contribution is -0.138. The lowest BCUT2D eigenvalue weighted by atomic mass is 9.83. The number of hydrogen-bond donors (Lipinski definition) is 1. The molecular weight excluding hydrogens is 294 g/mol. The van der Waals surface area contributed by atoms with Crippen molar-refractivity contribution < 1.29 is 19.4 Å². The van der Waals surface area contributed by atoms with Crippen molar-refractivity contribution in [2.75, 3.05) is 27.3 Å². The van der Waals surface area contributed by atoms with E-state index in [2.05, 4.69) is 4.90 Å². The van der Waals surface area contributed by atoms with Crippen LogP contribution >= 0.6 is 0 Å². The Labute approximate surface area is 137 Å². The van der Waals surface area contributed by atoms with Crippen LogP contribution in [0.4, 0.5) is 0 Å². The monoisotopic (exact) mass is 319 g/mol. The number of nitrogens with zero attached hydrogens (tertiary/aromatic N) is 1. The van der Waals surface area contributed by atoms with Gasteiger partial charge in [0.1, 0.15) is 0 Å². The number of carboxylic acid groups (broad SMARTS) is 1. The number of ether oxygens (including phenoxy) is 2. The minimum absolute atomic E-state index is 0.0725. The number of hydrogen-bond acceptors (Lipinski definition) is 4. The fourth-order valence-corrected chi connectivity index (χ4v) is 3.71. The van der Waals surface area contributed by atoms with Crippen LogP contribution in [0.3, 0.4) is 0 Å². The van der Waals surface area contributed by atoms with Gasteiger partial charge < -0.3 is 14.6 Å². The Hall–Kier alpha value is -1.75. The lowest BCUT2D eigenvalue weighted by Gasteiger charge is -2.41. The SMILES string of the molecule is COc1cc2c(cc1OC)C(CC(=O)O)N(CC1CCC1)CC2. The van der Waals surface area contributed by atoms with Crippen molar-refractivity contribution in [3.8, 4) is 11.5 Å². The summed E-state index contributed by atoms with van der Waals surface area (Å²) in [6.07, 6.45) is 4.92. The van der Waals surface area contributed by atoms with Gasteiger partial charge in [-0.05, 0) is 48.4 Å². The van der Waals surface area contributed by atoms with Gasteiger partial charge in [0.15, 0.2) is 11.5 Å². The molecule has 0 radical (unpaired) electrons. The van der Waals surface area contributed by atoms with Crippen LogP contribution in [0.25, 0.3) is 0 Å². The zero-order valence-electron chi connectivity index (χ0n) is 13.9. The first-order valence-electron chi connectivity index (χ1n) is 8.33. The summed E-state index contributed by atoms with van der Waals surface area (Å²) in [5, 5.41) is 9.36. The van der Waals surface area contributed by atoms with Crippen LogP contribution in [0.5, 0.6) is 11.5 Å². The molecule has 0 bridgehead atoms. The molecule has 126 valence electrons. The molecule has 1 aromatic rings. The van der Waals surface area contributed by atoms with Crippen molar-refractivity contribution in [3.63, 3.8) is 0 Å². The predicted molar refractivity (Wildman–Crippen MR) is 87.2 cm³/mol. The third kappa shape index (κ3) is 3.29. The average molecular weight is 319 g/mol. The van der Waals surface area contributed by atoms with E-state index < -0.39 is 5.97 Å². The van der Waals surface area contributed by atoms with Gasteiger partial charge in [0.05, 0.1) is 20.6 Å². The van der Waals surface area contributed by atoms with E-state index in [1.807, 2.05) is 12.1 Å². The van der Waals surface area contributed by atoms with Crippen LogP contribution in [0.15, 0.2) is 12.1 Å². The molecule has 1 atom stereocenters. The van der Waals surface area contributed by atoms with Gasteiger partial charge in [-0.2, -0.15) is 0 Å². The maximum atomic E-state index is 11.4. The van der Waals surface area contributed by atoms with Gasteiger partial charge in [0.2, 0.25) is 0 Å². The Morgan fingerprint density at radius 2 is 1.96 bits per heavy atom. The minimum Gasteiger partial charge on any atom is -0.493 e. The molecule has 5 heteroatoms. The minimum atomic E-state index is -0.753. The van der Waals surface area contributed by atoms with Gasteiger partial charge in [-0.15, -0.1) is 0 Å². The number of methoxy groups -OCH3 is 2. The van der Waals surface area contributed by atoms with E-state index in [-0.39, 0.29) is 12.5 Å². The summed E-state index contributed by atoms with van der Waals surface area (Å²) in [7, 11) is 3.25. The summed E-state index contributed by atoms with van der Waals surface area (Å²) >= 11 is 0. The number of aliphatic carboxylic acids is 1. The quantitative estimate of drug-likeness (QED) is 0.873. The summed E-state index contributed by atoms with van der Waals surface area (Å²) in [5.41, 5.74) is 2.26. The molecule has 5 nitrogen and oxygen atoms in total. The van der Waals surface area contributed by atoms with Gasteiger partial charge in [-0.25, -0.2) is 0 Å². The highest BCUT2D eigenvalue weighted by Crippen LogP contribution is 2.40. The van der Waals surface area contributed by atoms with Crippen LogP contribution in [0.1, 0.15) is 42.9 Å². The summed E-state index contributed by atoms with van der Waals surface area (Å²) in [6, 6.07) is 3.90. The molecule has 0 amide bonds. The predicted octanol–water partition coefficient (Wildman–Crippen LogP) is 2.88. The van der Waals surface area contributed by atoms with Crippen LogP contribution < -0.4 is 9.47 Å². The third-order valence-electron chi connectivity index (χ3n) is 5.20. The standard InChI is InChI=1S/C18H25NO4/c1-22-16-8-13-6-7-19(11-12-4-3-5-12)15(10-18(20)21)14(13)9-17(16)23-2/h8-9,12,15H,3-7,10-11H2,1-2H3,(H,20,21). The molecule has 3 rings (SSSR count). The van der Waals surface area contributed by atoms with Crippen LogP contribution in [0, 0.1) is 5.92 Å². The lowest BCUT2D eigenvalue weighted by Crippen LogP contribution is -2.41. The number of carboxylic acids is 1. The molecule has 1 aliphatic heterocycles. The molecule has 1 heterocycles. The molecule has 2 aliphatic rings. The molecule has 1 aliphatic carbocycles. The Morgan fingerprint density at radius 3 is 2.52 bits per heavy atom. The van der Waals surface area contributed by atoms with Crippen molar-refractivity contribution in [1.29, 1.82) is 0 Å². The second-order valence-electron chi connectivity index (χ2n) is 6.56. The maximum Gasteiger partial charge on any atom is 0.305 e. The Balaban J connectivity index is 1.92. The zero-order chi connectivity index (χ0) is 16.4. The van der Waals surface area contributed by atoms with E-state index in [9.17, 15) is 9.90 Å². The van der Waals surface area contributed by atoms with Crippen molar-refractivity contribution in [3.05, 3.63) is 23.3 Å². The highest BCUT2D eigenvalue weighted by Gasteiger charge is 2.33. The number of rotatable bonds is 6. The molecule has 0 aromatic heterocycles. The van der Waals surface area contributed by atoms with Crippen molar-refractivity contribution >= 4 is 5.97 Å². The van der Waals surface area contributed by atoms with E-state index in [4.69, 9.17) is 9.47 Å². The third-order valence-corrected chi connectivity index (χ3v) is 5.20. The largest absolute Gasteiger partial charge is 0.493 e. The summed E-state index contributed by atoms with van der Waals surface area (Å²) in [4.78, 5) is 13.7. The second-order valence-corrected chi connectivity index (χ2v) is 6.56. The Morgan fingerprint density at radius 1 is 1.26 bits per heavy atom. The van der Waals surface area contributed by atoms with Gasteiger partial charge >= 0.3 is 5.97 Å². The van der Waals surface area contributed by atoms with Crippen molar-refractivity contribution in [1.82, 2.24) is 4.90 Å². The zero-order valence-corrected chi connectivity index (χ0v) is 13.9. The summed E-state index contributed by atoms with van der Waals surface area (Å²) in [6.45, 7) is 1.92. The van der Waals surface area contributed by atoms with E-state index in [1.165, 1.54) is 24.8 Å². The smallest absolute Gasteiger partial charge is 0.305 e. The number of carbonyl (C=O) groups is 1. The van der Waals surface area contributed by atoms with E-state index in [0.717, 1.165) is 31.0 Å². The molecule has 0 saturated heterocycles. The van der Waals surface area contributed by atoms with Crippen LogP contribution in [0.2, 0.25) is 0 Å². The maximum absolute atomic E-state index is 11.4. The fourth-order valence-electron chi connectivity index (χ4n) is 3.71. The van der Waals surface area contributed by atoms with Crippen LogP contribution in [-0.4, -0.2) is 43.3 Å². The first kappa shape index (κ1) is 16.1. The van der Waals surface area contributed by atoms with Gasteiger partial charge in [0.25, 0.3) is 0 Å². The van der Waals surface area contributed by atoms with Gasteiger partial charge in [-0.3, -0.25) is 9.69 Å². The summed E-state index contributed by atoms with van der Waals surface area (Å²) < 4.78 is 10.8. The van der Waals surface area contributed by atoms with Gasteiger partial charge in [-0.1, -0.05) is 6.42 Å². The molecule has 1 N–H and O–H groups in total. The summed E-state index contributed by atoms with van der Waals surface area (Å²) in [5.74, 6) is 1.36. The molecule has 1 aromatic carbocycles. The Bertz CT molecular complexity index is 583. The molecule has 1 saturated carbocycles. The van der Waals surface area contributed by atoms with Crippen molar-refractivity contribution in [2.45, 2.75) is 38.1 Å². The highest BCUT2D eigenvalue weighted by molar-refractivity contribution is 5.68. The van der Waals surface area contributed by atoms with Crippen molar-refractivity contribution in [2.24, 2.45) is 5.92 Å². The molecular formula is C18H25NO4. The first-order valence-corrected chi connectivity index (χ1v) is 8.33. The van der Waals surface area contributed by atoms with E-state index in [1.54, 1.807) is 14.2 Å². The van der Waals surface area contributed by atoms with E-state index >= 15 is 0 Å². The first-order chi connectivity index (χ1) is 11.1. The van der Waals surface area contributed by atoms with E-state index in [0.29, 0.717) is 11.5 Å². The topological polar surface area (TPSA) is 59.0 Å². The molecule has 23 heavy (non-hydrogen) atoms. The second kappa shape index (κ2) is 6.79. The normalized spacial score (nSPS) is 21.4. The average Bonchev–Trinajstić information content (AvgIpc) is 2.50. The fraction of sp³-hybridized carbons (Fsp3) is 0.611. The van der Waals surface area contributed by atoms with Gasteiger partial charge in [0, 0.05) is 19.1 Å². The number of benzene rings is 1. The Kier molecular flexibility index (Phi) is 4.76. The number of fused-ring (bicyclic) bond motifs is 1. The molecule has 0 spiro atoms. The van der Waals surface area contributed by atoms with Crippen LogP contribution in [-0.2, 0) is 11.2 Å².